The Morgan fingerprint density at radius 1 is 0.875 bits per heavy atom. The Morgan fingerprint density at radius 2 is 1.25 bits per heavy atom. The molecular weight excluding hydrogens is 296 g/mol. The van der Waals surface area contributed by atoms with Crippen molar-refractivity contribution in [2.45, 2.75) is 91.9 Å². The number of carbonyl (C=O) groups is 1. The number of Topliss-reactive ketones (excluding diaryl/α,β-unsaturated/α-hetero) is 1. The first-order valence-electron chi connectivity index (χ1n) is 8.79. The van der Waals surface area contributed by atoms with Crippen LogP contribution in [0.5, 0.6) is 5.75 Å². The number of aromatic hydroxyl groups is 1. The van der Waals surface area contributed by atoms with Gasteiger partial charge in [-0.15, -0.1) is 0 Å². The predicted molar refractivity (Wildman–Crippen MR) is 103 cm³/mol. The molecule has 1 aromatic rings. The molecule has 0 aliphatic rings. The Hall–Kier alpha value is -1.31. The van der Waals surface area contributed by atoms with Gasteiger partial charge >= 0.3 is 0 Å². The molecule has 0 bridgehead atoms. The molecule has 0 spiro atoms. The molecule has 0 saturated carbocycles. The van der Waals surface area contributed by atoms with Gasteiger partial charge in [0.25, 0.3) is 0 Å². The standard InChI is InChI=1S/C22H35O2/c1-14(2)18(23)13-22(9,10)15-11-16(20(3,4)5)19(24)17(12-15)21(6,7)8/h11-12,24H,13H2,1-10H3. The van der Waals surface area contributed by atoms with E-state index < -0.39 is 0 Å². The van der Waals surface area contributed by atoms with Crippen molar-refractivity contribution in [3.63, 3.8) is 0 Å². The molecule has 0 aliphatic carbocycles. The largest absolute Gasteiger partial charge is 0.507 e. The number of rotatable bonds is 4. The van der Waals surface area contributed by atoms with Gasteiger partial charge in [-0.1, -0.05) is 81.4 Å². The van der Waals surface area contributed by atoms with Crippen molar-refractivity contribution in [3.05, 3.63) is 34.7 Å². The van der Waals surface area contributed by atoms with E-state index in [2.05, 4.69) is 67.5 Å². The quantitative estimate of drug-likeness (QED) is 0.752. The smallest absolute Gasteiger partial charge is 0.140 e. The summed E-state index contributed by atoms with van der Waals surface area (Å²) in [5.41, 5.74) is 2.41. The molecule has 2 nitrogen and oxygen atoms in total. The van der Waals surface area contributed by atoms with E-state index in [1.807, 2.05) is 13.8 Å². The summed E-state index contributed by atoms with van der Waals surface area (Å²) in [4.78, 5) is 12.3. The number of benzene rings is 1. The van der Waals surface area contributed by atoms with Crippen molar-refractivity contribution in [2.75, 3.05) is 0 Å². The summed E-state index contributed by atoms with van der Waals surface area (Å²) in [6, 6.07) is 4.17. The van der Waals surface area contributed by atoms with Gasteiger partial charge in [-0.25, -0.2) is 0 Å². The van der Waals surface area contributed by atoms with Gasteiger partial charge in [-0.3, -0.25) is 4.79 Å². The average molecular weight is 332 g/mol. The average Bonchev–Trinajstić information content (AvgIpc) is 2.34. The third-order valence-electron chi connectivity index (χ3n) is 4.67. The Kier molecular flexibility index (Phi) is 5.65. The maximum Gasteiger partial charge on any atom is 0.140 e. The van der Waals surface area contributed by atoms with Crippen LogP contribution in [-0.4, -0.2) is 10.9 Å². The molecule has 0 aliphatic heterocycles. The number of phenolic OH excluding ortho intramolecular Hbond substituents is 1. The second-order valence-corrected chi connectivity index (χ2v) is 9.90. The molecule has 1 rings (SSSR count). The first-order valence-corrected chi connectivity index (χ1v) is 8.79. The topological polar surface area (TPSA) is 37.3 Å². The lowest BCUT2D eigenvalue weighted by atomic mass is 9.72. The molecule has 0 unspecified atom stereocenters. The van der Waals surface area contributed by atoms with Crippen LogP contribution in [0.3, 0.4) is 0 Å². The summed E-state index contributed by atoms with van der Waals surface area (Å²) in [7, 11) is 0. The number of phenols is 1. The minimum absolute atomic E-state index is 0.160. The van der Waals surface area contributed by atoms with Gasteiger partial charge in [0.2, 0.25) is 0 Å². The van der Waals surface area contributed by atoms with Crippen LogP contribution in [0.2, 0.25) is 0 Å². The maximum absolute atomic E-state index is 12.3. The van der Waals surface area contributed by atoms with Crippen molar-refractivity contribution in [2.24, 2.45) is 0 Å². The zero-order valence-electron chi connectivity index (χ0n) is 17.2. The maximum atomic E-state index is 12.3. The number of hydrogen-bond acceptors (Lipinski definition) is 2. The van der Waals surface area contributed by atoms with Gasteiger partial charge in [0.15, 0.2) is 0 Å². The van der Waals surface area contributed by atoms with Gasteiger partial charge < -0.3 is 5.11 Å². The molecule has 0 heterocycles. The zero-order valence-corrected chi connectivity index (χ0v) is 17.2. The third kappa shape index (κ3) is 4.62. The van der Waals surface area contributed by atoms with E-state index in [-0.39, 0.29) is 22.0 Å². The van der Waals surface area contributed by atoms with Gasteiger partial charge in [0.05, 0.1) is 0 Å². The number of hydrogen-bond donors (Lipinski definition) is 1. The summed E-state index contributed by atoms with van der Waals surface area (Å²) in [5, 5.41) is 10.8. The molecule has 0 fully saturated rings. The SMILES string of the molecule is C[C](C)C(=O)CC(C)(C)c1cc(C(C)(C)C)c(O)c(C(C)(C)C)c1. The van der Waals surface area contributed by atoms with Crippen molar-refractivity contribution in [1.82, 2.24) is 0 Å². The lowest BCUT2D eigenvalue weighted by Crippen LogP contribution is -2.26. The van der Waals surface area contributed by atoms with Crippen molar-refractivity contribution < 1.29 is 9.90 Å². The second kappa shape index (κ2) is 6.54. The molecule has 2 heteroatoms. The lowest BCUT2D eigenvalue weighted by molar-refractivity contribution is -0.118. The van der Waals surface area contributed by atoms with Crippen LogP contribution >= 0.6 is 0 Å². The van der Waals surface area contributed by atoms with Crippen molar-refractivity contribution in [3.8, 4) is 5.75 Å². The Bertz CT molecular complexity index is 573. The fourth-order valence-electron chi connectivity index (χ4n) is 2.85. The van der Waals surface area contributed by atoms with Crippen LogP contribution in [0.25, 0.3) is 0 Å². The van der Waals surface area contributed by atoms with E-state index >= 15 is 0 Å². The summed E-state index contributed by atoms with van der Waals surface area (Å²) in [5.74, 6) is 1.43. The van der Waals surface area contributed by atoms with E-state index in [0.717, 1.165) is 22.6 Å². The fraction of sp³-hybridized carbons (Fsp3) is 0.636. The van der Waals surface area contributed by atoms with Crippen molar-refractivity contribution >= 4 is 5.78 Å². The van der Waals surface area contributed by atoms with Gasteiger partial charge in [-0.05, 0) is 32.9 Å². The molecular formula is C22H35O2. The minimum atomic E-state index is -0.276. The molecule has 135 valence electrons. The van der Waals surface area contributed by atoms with Gasteiger partial charge in [0.1, 0.15) is 11.5 Å². The van der Waals surface area contributed by atoms with E-state index in [9.17, 15) is 9.90 Å². The fourth-order valence-corrected chi connectivity index (χ4v) is 2.85. The molecule has 24 heavy (non-hydrogen) atoms. The highest BCUT2D eigenvalue weighted by atomic mass is 16.3. The predicted octanol–water partition coefficient (Wildman–Crippen LogP) is 5.84. The minimum Gasteiger partial charge on any atom is -0.507 e. The highest BCUT2D eigenvalue weighted by molar-refractivity contribution is 5.91. The van der Waals surface area contributed by atoms with Gasteiger partial charge in [0, 0.05) is 12.3 Å². The second-order valence-electron chi connectivity index (χ2n) is 9.90. The summed E-state index contributed by atoms with van der Waals surface area (Å²) >= 11 is 0. The van der Waals surface area contributed by atoms with Crippen LogP contribution < -0.4 is 0 Å². The Balaban J connectivity index is 3.57. The monoisotopic (exact) mass is 331 g/mol. The van der Waals surface area contributed by atoms with Crippen LogP contribution in [0, 0.1) is 5.92 Å². The summed E-state index contributed by atoms with van der Waals surface area (Å²) < 4.78 is 0. The number of carbonyl (C=O) groups excluding carboxylic acids is 1. The van der Waals surface area contributed by atoms with Crippen molar-refractivity contribution in [1.29, 1.82) is 0 Å². The number of ketones is 1. The molecule has 1 N–H and O–H groups in total. The van der Waals surface area contributed by atoms with E-state index in [1.165, 1.54) is 0 Å². The third-order valence-corrected chi connectivity index (χ3v) is 4.67. The first kappa shape index (κ1) is 20.7. The molecule has 1 aromatic carbocycles. The van der Waals surface area contributed by atoms with Crippen LogP contribution in [0.4, 0.5) is 0 Å². The summed E-state index contributed by atoms with van der Waals surface area (Å²) in [6.07, 6.45) is 0.479. The highest BCUT2D eigenvalue weighted by Gasteiger charge is 2.32. The van der Waals surface area contributed by atoms with E-state index in [1.54, 1.807) is 0 Å². The van der Waals surface area contributed by atoms with Crippen LogP contribution in [-0.2, 0) is 21.0 Å². The van der Waals surface area contributed by atoms with Gasteiger partial charge in [-0.2, -0.15) is 0 Å². The zero-order chi connectivity index (χ0) is 19.1. The Morgan fingerprint density at radius 3 is 1.54 bits per heavy atom. The van der Waals surface area contributed by atoms with E-state index in [0.29, 0.717) is 12.2 Å². The van der Waals surface area contributed by atoms with Crippen LogP contribution in [0.15, 0.2) is 12.1 Å². The Labute approximate surface area is 148 Å². The molecule has 0 aromatic heterocycles. The highest BCUT2D eigenvalue weighted by Crippen LogP contribution is 2.42. The lowest BCUT2D eigenvalue weighted by Gasteiger charge is -2.32. The molecule has 0 amide bonds. The van der Waals surface area contributed by atoms with Crippen LogP contribution in [0.1, 0.15) is 92.3 Å². The summed E-state index contributed by atoms with van der Waals surface area (Å²) in [6.45, 7) is 20.6. The molecule has 0 atom stereocenters. The molecule has 1 radical (unpaired) electrons. The first-order chi connectivity index (χ1) is 10.6. The normalized spacial score (nSPS) is 13.5. The van der Waals surface area contributed by atoms with E-state index in [4.69, 9.17) is 0 Å². The molecule has 0 saturated heterocycles.